The average molecular weight is 463 g/mol. The molecule has 1 N–H and O–H groups in total. The summed E-state index contributed by atoms with van der Waals surface area (Å²) < 4.78 is 11.5. The predicted octanol–water partition coefficient (Wildman–Crippen LogP) is 5.88. The lowest BCUT2D eigenvalue weighted by atomic mass is 9.91. The molecule has 0 saturated heterocycles. The van der Waals surface area contributed by atoms with Crippen LogP contribution in [0.2, 0.25) is 0 Å². The molecule has 0 bridgehead atoms. The molecule has 172 valence electrons. The van der Waals surface area contributed by atoms with Crippen LogP contribution in [-0.2, 0) is 11.2 Å². The van der Waals surface area contributed by atoms with E-state index in [1.54, 1.807) is 30.3 Å². The number of rotatable bonds is 6. The average Bonchev–Trinajstić information content (AvgIpc) is 2.88. The van der Waals surface area contributed by atoms with Crippen LogP contribution in [-0.4, -0.2) is 23.5 Å². The molecule has 0 aliphatic carbocycles. The lowest BCUT2D eigenvalue weighted by Gasteiger charge is -2.24. The largest absolute Gasteiger partial charge is 0.493 e. The fourth-order valence-corrected chi connectivity index (χ4v) is 4.32. The van der Waals surface area contributed by atoms with Gasteiger partial charge in [0.25, 0.3) is 0 Å². The Balaban J connectivity index is 1.33. The Morgan fingerprint density at radius 1 is 1.00 bits per heavy atom. The van der Waals surface area contributed by atoms with Crippen LogP contribution in [0.4, 0.5) is 0 Å². The first-order valence-corrected chi connectivity index (χ1v) is 11.2. The number of hydrogen-bond donors (Lipinski definition) is 1. The Kier molecular flexibility index (Phi) is 5.90. The van der Waals surface area contributed by atoms with Gasteiger partial charge in [-0.25, -0.2) is 0 Å². The second kappa shape index (κ2) is 9.32. The quantitative estimate of drug-likeness (QED) is 0.359. The molecule has 0 fully saturated rings. The van der Waals surface area contributed by atoms with Gasteiger partial charge in [0, 0.05) is 23.6 Å². The minimum absolute atomic E-state index is 0.00793. The fourth-order valence-electron chi connectivity index (χ4n) is 4.32. The third-order valence-corrected chi connectivity index (χ3v) is 6.15. The van der Waals surface area contributed by atoms with Crippen molar-refractivity contribution in [1.82, 2.24) is 0 Å². The SMILES string of the molecule is N#Cc1cc2c(cc1Oc1ccc(C(=O)Cc3ccc4ccccc4c3)cc1)OCCC2C(=O)O. The molecule has 1 unspecified atom stereocenters. The first kappa shape index (κ1) is 22.2. The van der Waals surface area contributed by atoms with Crippen molar-refractivity contribution in [3.63, 3.8) is 0 Å². The molecule has 0 radical (unpaired) electrons. The summed E-state index contributed by atoms with van der Waals surface area (Å²) in [5.74, 6) is -0.544. The van der Waals surface area contributed by atoms with E-state index < -0.39 is 11.9 Å². The molecular weight excluding hydrogens is 442 g/mol. The number of nitrogens with zero attached hydrogens (tertiary/aromatic N) is 1. The molecule has 6 nitrogen and oxygen atoms in total. The second-order valence-corrected chi connectivity index (χ2v) is 8.43. The number of ether oxygens (including phenoxy) is 2. The van der Waals surface area contributed by atoms with Crippen molar-refractivity contribution in [2.24, 2.45) is 0 Å². The fraction of sp³-hybridized carbons (Fsp3) is 0.138. The van der Waals surface area contributed by atoms with Crippen molar-refractivity contribution in [3.8, 4) is 23.3 Å². The number of carbonyl (C=O) groups excluding carboxylic acids is 1. The molecule has 4 aromatic carbocycles. The van der Waals surface area contributed by atoms with E-state index in [0.717, 1.165) is 16.3 Å². The zero-order valence-electron chi connectivity index (χ0n) is 18.7. The zero-order chi connectivity index (χ0) is 24.4. The third kappa shape index (κ3) is 4.57. The maximum Gasteiger partial charge on any atom is 0.311 e. The van der Waals surface area contributed by atoms with Crippen LogP contribution in [0.15, 0.2) is 78.9 Å². The van der Waals surface area contributed by atoms with Crippen molar-refractivity contribution in [2.75, 3.05) is 6.61 Å². The minimum Gasteiger partial charge on any atom is -0.493 e. The molecule has 0 spiro atoms. The topological polar surface area (TPSA) is 96.6 Å². The van der Waals surface area contributed by atoms with Crippen molar-refractivity contribution in [2.45, 2.75) is 18.8 Å². The van der Waals surface area contributed by atoms with Gasteiger partial charge in [0.15, 0.2) is 5.78 Å². The minimum atomic E-state index is -0.948. The maximum absolute atomic E-state index is 12.8. The van der Waals surface area contributed by atoms with Crippen molar-refractivity contribution in [3.05, 3.63) is 101 Å². The van der Waals surface area contributed by atoms with Gasteiger partial charge in [-0.05, 0) is 53.1 Å². The summed E-state index contributed by atoms with van der Waals surface area (Å²) in [4.78, 5) is 24.4. The molecule has 0 amide bonds. The Bertz CT molecular complexity index is 1480. The highest BCUT2D eigenvalue weighted by Gasteiger charge is 2.29. The third-order valence-electron chi connectivity index (χ3n) is 6.15. The molecular formula is C29H21NO5. The predicted molar refractivity (Wildman–Crippen MR) is 130 cm³/mol. The van der Waals surface area contributed by atoms with E-state index in [0.29, 0.717) is 29.0 Å². The first-order chi connectivity index (χ1) is 17.0. The highest BCUT2D eigenvalue weighted by Crippen LogP contribution is 2.39. The van der Waals surface area contributed by atoms with Crippen LogP contribution >= 0.6 is 0 Å². The first-order valence-electron chi connectivity index (χ1n) is 11.2. The van der Waals surface area contributed by atoms with Gasteiger partial charge in [0.05, 0.1) is 18.1 Å². The number of benzene rings is 4. The molecule has 0 aromatic heterocycles. The van der Waals surface area contributed by atoms with Crippen molar-refractivity contribution in [1.29, 1.82) is 5.26 Å². The number of Topliss-reactive ketones (excluding diaryl/α,β-unsaturated/α-hetero) is 1. The number of carboxylic acid groups (broad SMARTS) is 1. The number of ketones is 1. The Morgan fingerprint density at radius 3 is 2.51 bits per heavy atom. The van der Waals surface area contributed by atoms with E-state index in [1.165, 1.54) is 6.07 Å². The van der Waals surface area contributed by atoms with Gasteiger partial charge in [-0.1, -0.05) is 42.5 Å². The van der Waals surface area contributed by atoms with Gasteiger partial charge >= 0.3 is 5.97 Å². The molecule has 6 heteroatoms. The van der Waals surface area contributed by atoms with Gasteiger partial charge in [0.2, 0.25) is 0 Å². The number of hydrogen-bond acceptors (Lipinski definition) is 5. The molecule has 0 saturated carbocycles. The molecule has 1 aliphatic heterocycles. The number of fused-ring (bicyclic) bond motifs is 2. The van der Waals surface area contributed by atoms with Crippen molar-refractivity contribution >= 4 is 22.5 Å². The highest BCUT2D eigenvalue weighted by molar-refractivity contribution is 5.98. The maximum atomic E-state index is 12.8. The summed E-state index contributed by atoms with van der Waals surface area (Å²) in [6, 6.07) is 25.9. The standard InChI is InChI=1S/C29H21NO5/c30-17-22-15-25-24(29(32)33)11-12-34-28(25)16-27(22)35-23-9-7-20(8-10-23)26(31)14-18-5-6-19-3-1-2-4-21(19)13-18/h1-10,13,15-16,24H,11-12,14H2,(H,32,33). The summed E-state index contributed by atoms with van der Waals surface area (Å²) >= 11 is 0. The normalized spacial score (nSPS) is 14.4. The molecule has 35 heavy (non-hydrogen) atoms. The second-order valence-electron chi connectivity index (χ2n) is 8.43. The lowest BCUT2D eigenvalue weighted by molar-refractivity contribution is -0.139. The number of aliphatic carboxylic acids is 1. The smallest absolute Gasteiger partial charge is 0.311 e. The van der Waals surface area contributed by atoms with E-state index in [9.17, 15) is 20.0 Å². The molecule has 1 heterocycles. The molecule has 5 rings (SSSR count). The molecule has 4 aromatic rings. The van der Waals surface area contributed by atoms with Crippen LogP contribution in [0.5, 0.6) is 17.2 Å². The van der Waals surface area contributed by atoms with Gasteiger partial charge in [-0.2, -0.15) is 5.26 Å². The van der Waals surface area contributed by atoms with Gasteiger partial charge in [0.1, 0.15) is 23.3 Å². The van der Waals surface area contributed by atoms with E-state index in [1.807, 2.05) is 42.5 Å². The van der Waals surface area contributed by atoms with Gasteiger partial charge < -0.3 is 14.6 Å². The van der Waals surface area contributed by atoms with Crippen LogP contribution < -0.4 is 9.47 Å². The lowest BCUT2D eigenvalue weighted by Crippen LogP contribution is -2.21. The van der Waals surface area contributed by atoms with Crippen molar-refractivity contribution < 1.29 is 24.2 Å². The number of nitriles is 1. The Hall–Kier alpha value is -4.63. The van der Waals surface area contributed by atoms with E-state index >= 15 is 0 Å². The van der Waals surface area contributed by atoms with Crippen LogP contribution in [0, 0.1) is 11.3 Å². The van der Waals surface area contributed by atoms with Gasteiger partial charge in [-0.3, -0.25) is 9.59 Å². The summed E-state index contributed by atoms with van der Waals surface area (Å²) in [6.45, 7) is 0.281. The zero-order valence-corrected chi connectivity index (χ0v) is 18.7. The highest BCUT2D eigenvalue weighted by atomic mass is 16.5. The number of carbonyl (C=O) groups is 2. The van der Waals surface area contributed by atoms with Crippen LogP contribution in [0.3, 0.4) is 0 Å². The van der Waals surface area contributed by atoms with Gasteiger partial charge in [-0.15, -0.1) is 0 Å². The molecule has 1 aliphatic rings. The van der Waals surface area contributed by atoms with E-state index in [-0.39, 0.29) is 30.1 Å². The molecule has 1 atom stereocenters. The number of carboxylic acids is 1. The Morgan fingerprint density at radius 2 is 1.77 bits per heavy atom. The van der Waals surface area contributed by atoms with Crippen LogP contribution in [0.25, 0.3) is 10.8 Å². The summed E-state index contributed by atoms with van der Waals surface area (Å²) in [5, 5.41) is 21.3. The summed E-state index contributed by atoms with van der Waals surface area (Å²) in [7, 11) is 0. The Labute approximate surface area is 202 Å². The van der Waals surface area contributed by atoms with E-state index in [4.69, 9.17) is 9.47 Å². The monoisotopic (exact) mass is 463 g/mol. The van der Waals surface area contributed by atoms with Crippen LogP contribution in [0.1, 0.15) is 39.4 Å². The summed E-state index contributed by atoms with van der Waals surface area (Å²) in [6.07, 6.45) is 0.638. The van der Waals surface area contributed by atoms with E-state index in [2.05, 4.69) is 6.07 Å². The summed E-state index contributed by atoms with van der Waals surface area (Å²) in [5.41, 5.74) is 2.20.